The molecule has 3 rings (SSSR count). The molecule has 1 fully saturated rings. The first-order chi connectivity index (χ1) is 15.4. The van der Waals surface area contributed by atoms with E-state index in [9.17, 15) is 0 Å². The van der Waals surface area contributed by atoms with Crippen LogP contribution in [0, 0.1) is 0 Å². The number of rotatable bonds is 10. The molecule has 3 heterocycles. The van der Waals surface area contributed by atoms with Crippen LogP contribution in [-0.4, -0.2) is 76.3 Å². The molecule has 9 heteroatoms. The first kappa shape index (κ1) is 26.5. The molecular weight excluding hydrogens is 433 g/mol. The van der Waals surface area contributed by atoms with Crippen molar-refractivity contribution < 1.29 is 18.8 Å². The average Bonchev–Trinajstić information content (AvgIpc) is 3.04. The van der Waals surface area contributed by atoms with E-state index in [1.165, 1.54) is 5.70 Å². The van der Waals surface area contributed by atoms with Gasteiger partial charge in [0.1, 0.15) is 12.2 Å². The summed E-state index contributed by atoms with van der Waals surface area (Å²) < 4.78 is 26.6. The highest BCUT2D eigenvalue weighted by molar-refractivity contribution is 6.76. The Hall–Kier alpha value is -1.13. The van der Waals surface area contributed by atoms with Gasteiger partial charge >= 0.3 is 7.12 Å². The van der Waals surface area contributed by atoms with E-state index in [0.29, 0.717) is 13.3 Å². The lowest BCUT2D eigenvalue weighted by atomic mass is 9.79. The fourth-order valence-electron chi connectivity index (χ4n) is 4.12. The Morgan fingerprint density at radius 3 is 2.42 bits per heavy atom. The molecule has 0 radical (unpaired) electrons. The van der Waals surface area contributed by atoms with Crippen LogP contribution in [0.2, 0.25) is 25.7 Å². The minimum absolute atomic E-state index is 0.398. The molecule has 2 aliphatic heterocycles. The summed E-state index contributed by atoms with van der Waals surface area (Å²) in [6.45, 7) is 19.1. The average molecular weight is 478 g/mol. The van der Waals surface area contributed by atoms with Gasteiger partial charge in [-0.1, -0.05) is 19.6 Å². The van der Waals surface area contributed by atoms with Gasteiger partial charge in [0.25, 0.3) is 0 Å². The molecule has 1 aromatic rings. The number of ether oxygens (including phenoxy) is 2. The molecule has 0 atom stereocenters. The van der Waals surface area contributed by atoms with E-state index in [2.05, 4.69) is 70.0 Å². The molecule has 0 amide bonds. The second-order valence-corrected chi connectivity index (χ2v) is 17.2. The Balaban J connectivity index is 2.05. The Labute approximate surface area is 201 Å². The number of aromatic nitrogens is 1. The number of nitrogens with zero attached hydrogens (tertiary/aromatic N) is 3. The second-order valence-electron chi connectivity index (χ2n) is 11.5. The van der Waals surface area contributed by atoms with Gasteiger partial charge in [0.2, 0.25) is 0 Å². The molecular formula is C24H44BN3O4Si. The molecule has 7 nitrogen and oxygen atoms in total. The van der Waals surface area contributed by atoms with E-state index in [4.69, 9.17) is 23.8 Å². The predicted octanol–water partition coefficient (Wildman–Crippen LogP) is 2.20. The maximum absolute atomic E-state index is 6.48. The van der Waals surface area contributed by atoms with Gasteiger partial charge in [0.15, 0.2) is 0 Å². The smallest absolute Gasteiger partial charge is 0.399 e. The predicted molar refractivity (Wildman–Crippen MR) is 137 cm³/mol. The number of hydrogen-bond acceptors (Lipinski definition) is 6. The van der Waals surface area contributed by atoms with Crippen LogP contribution in [0.4, 0.5) is 0 Å². The zero-order valence-electron chi connectivity index (χ0n) is 22.3. The van der Waals surface area contributed by atoms with Crippen molar-refractivity contribution in [2.75, 3.05) is 40.5 Å². The molecule has 0 spiro atoms. The van der Waals surface area contributed by atoms with Crippen LogP contribution in [0.1, 0.15) is 40.5 Å². The highest BCUT2D eigenvalue weighted by atomic mass is 28.3. The van der Waals surface area contributed by atoms with E-state index in [-0.39, 0.29) is 0 Å². The zero-order valence-corrected chi connectivity index (χ0v) is 23.3. The lowest BCUT2D eigenvalue weighted by molar-refractivity contribution is 0.00578. The minimum Gasteiger partial charge on any atom is -0.399 e. The fraction of sp³-hybridized carbons (Fsp3) is 0.792. The Bertz CT molecular complexity index is 923. The van der Waals surface area contributed by atoms with E-state index in [1.807, 2.05) is 0 Å². The second kappa shape index (κ2) is 10.2. The van der Waals surface area contributed by atoms with Gasteiger partial charge in [0, 0.05) is 64.5 Å². The normalized spacial score (nSPS) is 19.9. The third-order valence-corrected chi connectivity index (χ3v) is 8.73. The van der Waals surface area contributed by atoms with Crippen LogP contribution in [-0.2, 0) is 25.5 Å². The minimum atomic E-state index is -1.14. The SMILES string of the molecule is COCCN(C)C1=c2c(B3OC(C)(C)C(C)(C)O3)cn(COCC[Si](C)(C)C)c2=NCCC1. The van der Waals surface area contributed by atoms with Crippen LogP contribution in [0.15, 0.2) is 11.2 Å². The van der Waals surface area contributed by atoms with E-state index in [0.717, 1.165) is 54.8 Å². The summed E-state index contributed by atoms with van der Waals surface area (Å²) in [7, 11) is 2.31. The Morgan fingerprint density at radius 1 is 1.15 bits per heavy atom. The lowest BCUT2D eigenvalue weighted by Crippen LogP contribution is -2.49. The van der Waals surface area contributed by atoms with Gasteiger partial charge in [-0.2, -0.15) is 0 Å². The van der Waals surface area contributed by atoms with Crippen molar-refractivity contribution in [1.82, 2.24) is 9.47 Å². The molecule has 186 valence electrons. The maximum Gasteiger partial charge on any atom is 0.497 e. The number of methoxy groups -OCH3 is 1. The molecule has 1 aromatic heterocycles. The fourth-order valence-corrected chi connectivity index (χ4v) is 4.88. The summed E-state index contributed by atoms with van der Waals surface area (Å²) in [6, 6.07) is 1.15. The number of fused-ring (bicyclic) bond motifs is 1. The number of hydrogen-bond donors (Lipinski definition) is 0. The van der Waals surface area contributed by atoms with Gasteiger partial charge in [-0.25, -0.2) is 0 Å². The molecule has 2 aliphatic rings. The van der Waals surface area contributed by atoms with Gasteiger partial charge in [-0.15, -0.1) is 0 Å². The van der Waals surface area contributed by atoms with Crippen LogP contribution < -0.4 is 16.2 Å². The van der Waals surface area contributed by atoms with Crippen LogP contribution in [0.25, 0.3) is 5.70 Å². The lowest BCUT2D eigenvalue weighted by Gasteiger charge is -2.32. The summed E-state index contributed by atoms with van der Waals surface area (Å²) in [4.78, 5) is 7.29. The van der Waals surface area contributed by atoms with Crippen molar-refractivity contribution >= 4 is 26.4 Å². The molecule has 0 aromatic carbocycles. The van der Waals surface area contributed by atoms with Crippen LogP contribution in [0.3, 0.4) is 0 Å². The summed E-state index contributed by atoms with van der Waals surface area (Å²) in [6.07, 6.45) is 4.12. The number of likely N-dealkylation sites (N-methyl/N-ethyl adjacent to an activating group) is 1. The van der Waals surface area contributed by atoms with Crippen LogP contribution >= 0.6 is 0 Å². The first-order valence-corrected chi connectivity index (χ1v) is 16.0. The molecule has 1 saturated heterocycles. The third kappa shape index (κ3) is 6.12. The van der Waals surface area contributed by atoms with E-state index in [1.54, 1.807) is 7.11 Å². The monoisotopic (exact) mass is 477 g/mol. The van der Waals surface area contributed by atoms with Crippen molar-refractivity contribution in [1.29, 1.82) is 0 Å². The van der Waals surface area contributed by atoms with Crippen molar-refractivity contribution in [3.05, 3.63) is 16.9 Å². The van der Waals surface area contributed by atoms with Crippen molar-refractivity contribution in [3.63, 3.8) is 0 Å². The Morgan fingerprint density at radius 2 is 1.82 bits per heavy atom. The third-order valence-electron chi connectivity index (χ3n) is 7.03. The molecule has 0 unspecified atom stereocenters. The summed E-state index contributed by atoms with van der Waals surface area (Å²) >= 11 is 0. The van der Waals surface area contributed by atoms with Gasteiger partial charge in [-0.05, 0) is 46.6 Å². The van der Waals surface area contributed by atoms with Crippen molar-refractivity contribution in [2.24, 2.45) is 4.99 Å². The highest BCUT2D eigenvalue weighted by Gasteiger charge is 2.52. The largest absolute Gasteiger partial charge is 0.497 e. The van der Waals surface area contributed by atoms with E-state index < -0.39 is 26.4 Å². The van der Waals surface area contributed by atoms with Crippen molar-refractivity contribution in [3.8, 4) is 0 Å². The molecule has 33 heavy (non-hydrogen) atoms. The van der Waals surface area contributed by atoms with Gasteiger partial charge < -0.3 is 28.2 Å². The van der Waals surface area contributed by atoms with Crippen molar-refractivity contribution in [2.45, 2.75) is 84.2 Å². The topological polar surface area (TPSA) is 57.5 Å². The van der Waals surface area contributed by atoms with E-state index >= 15 is 0 Å². The molecule has 0 N–H and O–H groups in total. The standard InChI is InChI=1S/C24H44BN3O4Si/c1-23(2)24(3,4)32-25(31-23)19-17-28(18-30-15-16-33(7,8)9)22-21(19)20(11-10-12-26-22)27(5)13-14-29-6/h17H,10-16,18H2,1-9H3. The van der Waals surface area contributed by atoms with Crippen LogP contribution in [0.5, 0.6) is 0 Å². The first-order valence-electron chi connectivity index (χ1n) is 12.3. The summed E-state index contributed by atoms with van der Waals surface area (Å²) in [5.41, 5.74) is 2.50. The quantitative estimate of drug-likeness (QED) is 0.382. The molecule has 0 saturated carbocycles. The van der Waals surface area contributed by atoms with Gasteiger partial charge in [0.05, 0.1) is 17.8 Å². The highest BCUT2D eigenvalue weighted by Crippen LogP contribution is 2.36. The molecule has 0 aliphatic carbocycles. The maximum atomic E-state index is 6.48. The van der Waals surface area contributed by atoms with Gasteiger partial charge in [-0.3, -0.25) is 4.99 Å². The zero-order chi connectivity index (χ0) is 24.4. The summed E-state index contributed by atoms with van der Waals surface area (Å²) in [5, 5.41) is 1.14. The summed E-state index contributed by atoms with van der Waals surface area (Å²) in [5.74, 6) is 0. The Kier molecular flexibility index (Phi) is 8.21. The molecule has 0 bridgehead atoms.